The Morgan fingerprint density at radius 3 is 2.62 bits per heavy atom. The number of amides is 1. The molecular weight excluding hydrogens is 298 g/mol. The van der Waals surface area contributed by atoms with E-state index in [1.165, 1.54) is 11.3 Å². The van der Waals surface area contributed by atoms with E-state index in [0.717, 1.165) is 25.1 Å². The van der Waals surface area contributed by atoms with Gasteiger partial charge in [-0.1, -0.05) is 48.5 Å². The van der Waals surface area contributed by atoms with Crippen molar-refractivity contribution in [2.45, 2.75) is 12.5 Å². The minimum Gasteiger partial charge on any atom is -0.355 e. The number of hydrogen-bond donors (Lipinski definition) is 1. The molecule has 2 aromatic rings. The van der Waals surface area contributed by atoms with Crippen molar-refractivity contribution in [3.8, 4) is 0 Å². The molecule has 4 heteroatoms. The molecule has 2 aromatic carbocycles. The zero-order valence-corrected chi connectivity index (χ0v) is 14.4. The standard InChI is InChI=1S/C20H25N3O/c1-21-13-15-22(2)20(24)19(17-9-4-3-5-10-17)23-14-12-16-8-6-7-11-18(16)23/h3-11,19,21H,12-15H2,1-2H3. The average molecular weight is 323 g/mol. The molecule has 1 aliphatic heterocycles. The predicted octanol–water partition coefficient (Wildman–Crippen LogP) is 2.47. The Morgan fingerprint density at radius 2 is 1.88 bits per heavy atom. The van der Waals surface area contributed by atoms with Crippen molar-refractivity contribution in [3.05, 3.63) is 65.7 Å². The highest BCUT2D eigenvalue weighted by Crippen LogP contribution is 2.35. The number of carbonyl (C=O) groups excluding carboxylic acids is 1. The Morgan fingerprint density at radius 1 is 1.17 bits per heavy atom. The van der Waals surface area contributed by atoms with Gasteiger partial charge >= 0.3 is 0 Å². The Labute approximate surface area is 144 Å². The number of benzene rings is 2. The largest absolute Gasteiger partial charge is 0.355 e. The van der Waals surface area contributed by atoms with Crippen LogP contribution in [-0.4, -0.2) is 44.5 Å². The lowest BCUT2D eigenvalue weighted by Gasteiger charge is -2.33. The van der Waals surface area contributed by atoms with Crippen molar-refractivity contribution in [1.29, 1.82) is 0 Å². The van der Waals surface area contributed by atoms with Gasteiger partial charge in [-0.15, -0.1) is 0 Å². The lowest BCUT2D eigenvalue weighted by molar-refractivity contribution is -0.131. The van der Waals surface area contributed by atoms with Crippen LogP contribution in [0.2, 0.25) is 0 Å². The molecule has 0 aliphatic carbocycles. The Bertz CT molecular complexity index is 686. The Hall–Kier alpha value is -2.33. The lowest BCUT2D eigenvalue weighted by Crippen LogP contribution is -2.43. The normalized spacial score (nSPS) is 14.3. The van der Waals surface area contributed by atoms with Gasteiger partial charge in [0.2, 0.25) is 5.91 Å². The molecule has 0 aromatic heterocycles. The highest BCUT2D eigenvalue weighted by atomic mass is 16.2. The molecule has 4 nitrogen and oxygen atoms in total. The maximum absolute atomic E-state index is 13.2. The van der Waals surface area contributed by atoms with Crippen molar-refractivity contribution in [1.82, 2.24) is 10.2 Å². The Kier molecular flexibility index (Phi) is 5.16. The van der Waals surface area contributed by atoms with Crippen molar-refractivity contribution in [3.63, 3.8) is 0 Å². The van der Waals surface area contributed by atoms with Crippen molar-refractivity contribution >= 4 is 11.6 Å². The van der Waals surface area contributed by atoms with Gasteiger partial charge in [-0.05, 0) is 30.7 Å². The van der Waals surface area contributed by atoms with Crippen molar-refractivity contribution in [2.24, 2.45) is 0 Å². The van der Waals surface area contributed by atoms with Gasteiger partial charge in [-0.25, -0.2) is 0 Å². The zero-order valence-electron chi connectivity index (χ0n) is 14.4. The van der Waals surface area contributed by atoms with Gasteiger partial charge in [-0.2, -0.15) is 0 Å². The third-order valence-electron chi connectivity index (χ3n) is 4.66. The first-order chi connectivity index (χ1) is 11.7. The molecule has 1 unspecified atom stereocenters. The summed E-state index contributed by atoms with van der Waals surface area (Å²) in [6.07, 6.45) is 0.993. The van der Waals surface area contributed by atoms with E-state index in [4.69, 9.17) is 0 Å². The first kappa shape index (κ1) is 16.5. The summed E-state index contributed by atoms with van der Waals surface area (Å²) in [7, 11) is 3.79. The number of fused-ring (bicyclic) bond motifs is 1. The molecule has 0 fully saturated rings. The summed E-state index contributed by atoms with van der Waals surface area (Å²) in [6.45, 7) is 2.37. The predicted molar refractivity (Wildman–Crippen MR) is 98.2 cm³/mol. The van der Waals surface area contributed by atoms with Crippen LogP contribution in [0.15, 0.2) is 54.6 Å². The second kappa shape index (κ2) is 7.49. The molecule has 126 valence electrons. The summed E-state index contributed by atoms with van der Waals surface area (Å²) >= 11 is 0. The molecule has 0 saturated carbocycles. The second-order valence-electron chi connectivity index (χ2n) is 6.25. The van der Waals surface area contributed by atoms with Crippen LogP contribution in [0, 0.1) is 0 Å². The number of para-hydroxylation sites is 1. The summed E-state index contributed by atoms with van der Waals surface area (Å²) in [5, 5.41) is 3.11. The average Bonchev–Trinajstić information content (AvgIpc) is 3.05. The van der Waals surface area contributed by atoms with E-state index in [-0.39, 0.29) is 11.9 Å². The number of hydrogen-bond acceptors (Lipinski definition) is 3. The van der Waals surface area contributed by atoms with Gasteiger partial charge in [0.05, 0.1) is 0 Å². The van der Waals surface area contributed by atoms with E-state index in [0.29, 0.717) is 6.54 Å². The number of nitrogens with zero attached hydrogens (tertiary/aromatic N) is 2. The highest BCUT2D eigenvalue weighted by molar-refractivity contribution is 5.87. The fourth-order valence-electron chi connectivity index (χ4n) is 3.32. The summed E-state index contributed by atoms with van der Waals surface area (Å²) in [5.74, 6) is 0.146. The van der Waals surface area contributed by atoms with Crippen molar-refractivity contribution < 1.29 is 4.79 Å². The van der Waals surface area contributed by atoms with E-state index in [1.54, 1.807) is 0 Å². The number of nitrogens with one attached hydrogen (secondary N) is 1. The maximum Gasteiger partial charge on any atom is 0.249 e. The quantitative estimate of drug-likeness (QED) is 0.887. The topological polar surface area (TPSA) is 35.6 Å². The molecule has 0 spiro atoms. The second-order valence-corrected chi connectivity index (χ2v) is 6.25. The molecule has 0 bridgehead atoms. The van der Waals surface area contributed by atoms with E-state index in [1.807, 2.05) is 37.2 Å². The molecule has 1 N–H and O–H groups in total. The zero-order chi connectivity index (χ0) is 16.9. The van der Waals surface area contributed by atoms with E-state index >= 15 is 0 Å². The molecule has 1 aliphatic rings. The number of rotatable bonds is 6. The summed E-state index contributed by atoms with van der Waals surface area (Å²) in [4.78, 5) is 17.3. The molecule has 3 rings (SSSR count). The highest BCUT2D eigenvalue weighted by Gasteiger charge is 2.33. The first-order valence-electron chi connectivity index (χ1n) is 8.51. The summed E-state index contributed by atoms with van der Waals surface area (Å²) in [6, 6.07) is 18.2. The lowest BCUT2D eigenvalue weighted by atomic mass is 10.0. The minimum absolute atomic E-state index is 0.146. The van der Waals surface area contributed by atoms with Crippen molar-refractivity contribution in [2.75, 3.05) is 38.6 Å². The molecular formula is C20H25N3O. The number of anilines is 1. The Balaban J connectivity index is 1.93. The minimum atomic E-state index is -0.267. The number of carbonyl (C=O) groups is 1. The van der Waals surface area contributed by atoms with Crippen LogP contribution in [-0.2, 0) is 11.2 Å². The SMILES string of the molecule is CNCCN(C)C(=O)C(c1ccccc1)N1CCc2ccccc21. The summed E-state index contributed by atoms with van der Waals surface area (Å²) < 4.78 is 0. The smallest absolute Gasteiger partial charge is 0.249 e. The monoisotopic (exact) mass is 323 g/mol. The molecule has 1 heterocycles. The van der Waals surface area contributed by atoms with Crippen LogP contribution in [0.4, 0.5) is 5.69 Å². The molecule has 24 heavy (non-hydrogen) atoms. The van der Waals surface area contributed by atoms with Crippen LogP contribution in [0.5, 0.6) is 0 Å². The molecule has 0 radical (unpaired) electrons. The van der Waals surface area contributed by atoms with E-state index in [9.17, 15) is 4.79 Å². The molecule has 0 saturated heterocycles. The fourth-order valence-corrected chi connectivity index (χ4v) is 3.32. The van der Waals surface area contributed by atoms with Gasteiger partial charge in [-0.3, -0.25) is 4.79 Å². The van der Waals surface area contributed by atoms with Gasteiger partial charge in [0, 0.05) is 32.4 Å². The maximum atomic E-state index is 13.2. The van der Waals surface area contributed by atoms with E-state index in [2.05, 4.69) is 46.6 Å². The van der Waals surface area contributed by atoms with Gasteiger partial charge < -0.3 is 15.1 Å². The van der Waals surface area contributed by atoms with Gasteiger partial charge in [0.1, 0.15) is 6.04 Å². The van der Waals surface area contributed by atoms with Crippen LogP contribution in [0.25, 0.3) is 0 Å². The van der Waals surface area contributed by atoms with Crippen LogP contribution < -0.4 is 10.2 Å². The number of likely N-dealkylation sites (N-methyl/N-ethyl adjacent to an activating group) is 2. The summed E-state index contributed by atoms with van der Waals surface area (Å²) in [5.41, 5.74) is 3.56. The molecule has 1 atom stereocenters. The van der Waals surface area contributed by atoms with Gasteiger partial charge in [0.15, 0.2) is 0 Å². The molecule has 1 amide bonds. The van der Waals surface area contributed by atoms with E-state index < -0.39 is 0 Å². The third-order valence-corrected chi connectivity index (χ3v) is 4.66. The first-order valence-corrected chi connectivity index (χ1v) is 8.51. The van der Waals surface area contributed by atoms with Crippen LogP contribution in [0.3, 0.4) is 0 Å². The van der Waals surface area contributed by atoms with Crippen LogP contribution >= 0.6 is 0 Å². The fraction of sp³-hybridized carbons (Fsp3) is 0.350. The van der Waals surface area contributed by atoms with Crippen LogP contribution in [0.1, 0.15) is 17.2 Å². The van der Waals surface area contributed by atoms with Gasteiger partial charge in [0.25, 0.3) is 0 Å². The third kappa shape index (κ3) is 3.29.